The van der Waals surface area contributed by atoms with Gasteiger partial charge in [0.25, 0.3) is 0 Å². The maximum Gasteiger partial charge on any atom is 0.524 e. The number of piperidine rings is 1. The zero-order chi connectivity index (χ0) is 15.3. The second-order valence-corrected chi connectivity index (χ2v) is 8.86. The molecule has 2 aliphatic heterocycles. The van der Waals surface area contributed by atoms with Crippen LogP contribution in [0.2, 0.25) is 0 Å². The molecule has 2 rings (SSSR count). The smallest absolute Gasteiger partial charge is 0.291 e. The average Bonchev–Trinajstić information content (AvgIpc) is 2.45. The molecule has 0 bridgehead atoms. The fraction of sp³-hybridized carbons (Fsp3) is 0.846. The van der Waals surface area contributed by atoms with Crippen LogP contribution in [0.15, 0.2) is 12.2 Å². The van der Waals surface area contributed by atoms with E-state index >= 15 is 0 Å². The summed E-state index contributed by atoms with van der Waals surface area (Å²) >= 11 is 5.83. The van der Waals surface area contributed by atoms with Crippen LogP contribution in [0.1, 0.15) is 12.8 Å². The number of nitrogens with one attached hydrogen (secondary N) is 1. The van der Waals surface area contributed by atoms with E-state index < -0.39 is 12.6 Å². The van der Waals surface area contributed by atoms with E-state index in [2.05, 4.69) is 28.5 Å². The number of thioether (sulfide) groups is 3. The molecule has 0 spiro atoms. The third-order valence-corrected chi connectivity index (χ3v) is 7.85. The Kier molecular flexibility index (Phi) is 7.12. The monoisotopic (exact) mass is 359 g/mol. The first-order valence-corrected chi connectivity index (χ1v) is 10.3. The number of ether oxygens (including phenoxy) is 1. The molecule has 122 valence electrons. The van der Waals surface area contributed by atoms with Gasteiger partial charge in [0.1, 0.15) is 6.23 Å². The van der Waals surface area contributed by atoms with Crippen LogP contribution in [0.5, 0.6) is 0 Å². The largest absolute Gasteiger partial charge is 0.524 e. The van der Waals surface area contributed by atoms with Crippen LogP contribution >= 0.6 is 35.3 Å². The van der Waals surface area contributed by atoms with Gasteiger partial charge < -0.3 is 0 Å². The summed E-state index contributed by atoms with van der Waals surface area (Å²) in [5.74, 6) is 2.65. The van der Waals surface area contributed by atoms with Crippen LogP contribution in [0.4, 0.5) is 13.2 Å². The standard InChI is InChI=1S/C13H20F3NOS3/c1-19-10-7-20-12(21-8-10)5-3-9-2-4-11(17-6-9)18-13(14,15)16/h3,5,9-12,17H,2,4,6-8H2,1H3/b5-3+. The van der Waals surface area contributed by atoms with Crippen LogP contribution in [-0.4, -0.2) is 46.7 Å². The van der Waals surface area contributed by atoms with Gasteiger partial charge in [-0.2, -0.15) is 11.8 Å². The Bertz CT molecular complexity index is 338. The highest BCUT2D eigenvalue weighted by Gasteiger charge is 2.35. The minimum absolute atomic E-state index is 0.303. The van der Waals surface area contributed by atoms with Crippen LogP contribution in [0.25, 0.3) is 0 Å². The second-order valence-electron chi connectivity index (χ2n) is 5.08. The molecule has 2 aliphatic rings. The van der Waals surface area contributed by atoms with Crippen molar-refractivity contribution in [2.75, 3.05) is 24.3 Å². The summed E-state index contributed by atoms with van der Waals surface area (Å²) in [5, 5.41) is 3.56. The summed E-state index contributed by atoms with van der Waals surface area (Å²) in [6.45, 7) is 0.548. The average molecular weight is 360 g/mol. The molecule has 2 heterocycles. The van der Waals surface area contributed by atoms with E-state index in [1.165, 1.54) is 11.5 Å². The zero-order valence-corrected chi connectivity index (χ0v) is 14.2. The number of hydrogen-bond donors (Lipinski definition) is 1. The van der Waals surface area contributed by atoms with E-state index in [1.54, 1.807) is 0 Å². The molecule has 0 radical (unpaired) electrons. The van der Waals surface area contributed by atoms with E-state index in [1.807, 2.05) is 35.3 Å². The van der Waals surface area contributed by atoms with Crippen LogP contribution in [-0.2, 0) is 4.74 Å². The van der Waals surface area contributed by atoms with E-state index in [-0.39, 0.29) is 0 Å². The number of halogens is 3. The molecule has 0 aromatic rings. The molecule has 2 fully saturated rings. The lowest BCUT2D eigenvalue weighted by Crippen LogP contribution is -2.43. The molecule has 2 nitrogen and oxygen atoms in total. The molecule has 0 aromatic carbocycles. The third kappa shape index (κ3) is 6.64. The summed E-state index contributed by atoms with van der Waals surface area (Å²) < 4.78 is 40.8. The SMILES string of the molecule is CSC1CSC(/C=C/C2CCC(OC(F)(F)F)NC2)SC1. The quantitative estimate of drug-likeness (QED) is 0.765. The van der Waals surface area contributed by atoms with Gasteiger partial charge in [0.2, 0.25) is 0 Å². The van der Waals surface area contributed by atoms with Gasteiger partial charge in [-0.1, -0.05) is 12.2 Å². The van der Waals surface area contributed by atoms with Gasteiger partial charge in [-0.3, -0.25) is 10.1 Å². The normalized spacial score (nSPS) is 35.2. The molecular weight excluding hydrogens is 339 g/mol. The summed E-state index contributed by atoms with van der Waals surface area (Å²) in [4.78, 5) is 0. The maximum atomic E-state index is 12.1. The fourth-order valence-corrected chi connectivity index (χ4v) is 6.29. The van der Waals surface area contributed by atoms with Crippen molar-refractivity contribution in [1.29, 1.82) is 0 Å². The van der Waals surface area contributed by atoms with E-state index in [4.69, 9.17) is 0 Å². The van der Waals surface area contributed by atoms with Gasteiger partial charge in [0, 0.05) is 23.3 Å². The Labute approximate surface area is 136 Å². The molecule has 8 heteroatoms. The predicted molar refractivity (Wildman–Crippen MR) is 86.8 cm³/mol. The Morgan fingerprint density at radius 1 is 1.19 bits per heavy atom. The van der Waals surface area contributed by atoms with Gasteiger partial charge in [-0.15, -0.1) is 36.7 Å². The minimum Gasteiger partial charge on any atom is -0.291 e. The topological polar surface area (TPSA) is 21.3 Å². The first kappa shape index (κ1) is 17.8. The molecule has 0 saturated carbocycles. The number of alkyl halides is 3. The van der Waals surface area contributed by atoms with Gasteiger partial charge in [0.05, 0.1) is 4.58 Å². The van der Waals surface area contributed by atoms with Gasteiger partial charge >= 0.3 is 6.36 Å². The Hall–Kier alpha value is 0.500. The Balaban J connectivity index is 1.68. The molecule has 2 saturated heterocycles. The number of rotatable bonds is 4. The first-order chi connectivity index (χ1) is 9.96. The van der Waals surface area contributed by atoms with Crippen molar-refractivity contribution in [3.8, 4) is 0 Å². The predicted octanol–water partition coefficient (Wildman–Crippen LogP) is 3.94. The van der Waals surface area contributed by atoms with Crippen molar-refractivity contribution in [2.24, 2.45) is 5.92 Å². The summed E-state index contributed by atoms with van der Waals surface area (Å²) in [6.07, 6.45) is 2.20. The van der Waals surface area contributed by atoms with E-state index in [0.717, 1.165) is 11.7 Å². The van der Waals surface area contributed by atoms with Crippen molar-refractivity contribution in [3.05, 3.63) is 12.2 Å². The molecule has 0 amide bonds. The summed E-state index contributed by atoms with van der Waals surface area (Å²) in [5.41, 5.74) is 0. The fourth-order valence-electron chi connectivity index (χ4n) is 2.27. The van der Waals surface area contributed by atoms with E-state index in [0.29, 0.717) is 23.5 Å². The molecule has 0 aliphatic carbocycles. The second kappa shape index (κ2) is 8.38. The molecule has 2 unspecified atom stereocenters. The van der Waals surface area contributed by atoms with Gasteiger partial charge in [-0.25, -0.2) is 0 Å². The van der Waals surface area contributed by atoms with Crippen molar-refractivity contribution in [2.45, 2.75) is 35.3 Å². The highest BCUT2D eigenvalue weighted by atomic mass is 32.2. The highest BCUT2D eigenvalue weighted by Crippen LogP contribution is 2.36. The van der Waals surface area contributed by atoms with Crippen molar-refractivity contribution >= 4 is 35.3 Å². The lowest BCUT2D eigenvalue weighted by Gasteiger charge is -2.29. The number of hydrogen-bond acceptors (Lipinski definition) is 5. The molecule has 0 aromatic heterocycles. The molecular formula is C13H20F3NOS3. The lowest BCUT2D eigenvalue weighted by atomic mass is 9.98. The van der Waals surface area contributed by atoms with Crippen molar-refractivity contribution in [3.63, 3.8) is 0 Å². The Morgan fingerprint density at radius 2 is 1.90 bits per heavy atom. The Morgan fingerprint density at radius 3 is 2.43 bits per heavy atom. The van der Waals surface area contributed by atoms with Crippen LogP contribution in [0, 0.1) is 5.92 Å². The van der Waals surface area contributed by atoms with Crippen molar-refractivity contribution < 1.29 is 17.9 Å². The minimum atomic E-state index is -4.55. The van der Waals surface area contributed by atoms with Crippen molar-refractivity contribution in [1.82, 2.24) is 5.32 Å². The van der Waals surface area contributed by atoms with Crippen LogP contribution in [0.3, 0.4) is 0 Å². The van der Waals surface area contributed by atoms with Crippen LogP contribution < -0.4 is 5.32 Å². The molecule has 2 atom stereocenters. The van der Waals surface area contributed by atoms with Gasteiger partial charge in [-0.05, 0) is 25.0 Å². The lowest BCUT2D eigenvalue weighted by molar-refractivity contribution is -0.348. The summed E-state index contributed by atoms with van der Waals surface area (Å²) in [7, 11) is 0. The van der Waals surface area contributed by atoms with Gasteiger partial charge in [0.15, 0.2) is 0 Å². The highest BCUT2D eigenvalue weighted by molar-refractivity contribution is 8.19. The molecule has 21 heavy (non-hydrogen) atoms. The third-order valence-electron chi connectivity index (χ3n) is 3.45. The summed E-state index contributed by atoms with van der Waals surface area (Å²) in [6, 6.07) is 0. The van der Waals surface area contributed by atoms with E-state index in [9.17, 15) is 13.2 Å². The maximum absolute atomic E-state index is 12.1. The molecule has 1 N–H and O–H groups in total. The first-order valence-electron chi connectivity index (χ1n) is 6.88. The zero-order valence-electron chi connectivity index (χ0n) is 11.8.